The predicted octanol–water partition coefficient (Wildman–Crippen LogP) is 3.18. The van der Waals surface area contributed by atoms with Gasteiger partial charge in [-0.15, -0.1) is 0 Å². The van der Waals surface area contributed by atoms with Crippen molar-refractivity contribution in [3.05, 3.63) is 59.2 Å². The molecule has 108 valence electrons. The molecule has 0 spiro atoms. The van der Waals surface area contributed by atoms with Gasteiger partial charge >= 0.3 is 0 Å². The molecule has 1 aliphatic carbocycles. The summed E-state index contributed by atoms with van der Waals surface area (Å²) in [6.45, 7) is 2.92. The van der Waals surface area contributed by atoms with E-state index in [1.807, 2.05) is 36.4 Å². The van der Waals surface area contributed by atoms with E-state index in [1.165, 1.54) is 13.8 Å². The highest BCUT2D eigenvalue weighted by Gasteiger charge is 2.43. The molecule has 0 bridgehead atoms. The van der Waals surface area contributed by atoms with Crippen LogP contribution in [0.4, 0.5) is 0 Å². The molecule has 0 amide bonds. The van der Waals surface area contributed by atoms with Crippen molar-refractivity contribution in [2.24, 2.45) is 5.92 Å². The van der Waals surface area contributed by atoms with E-state index in [-0.39, 0.29) is 29.7 Å². The predicted molar refractivity (Wildman–Crippen MR) is 79.7 cm³/mol. The van der Waals surface area contributed by atoms with Gasteiger partial charge < -0.3 is 4.74 Å². The van der Waals surface area contributed by atoms with E-state index in [0.717, 1.165) is 17.6 Å². The Bertz CT molecular complexity index is 624. The maximum absolute atomic E-state index is 12.0. The van der Waals surface area contributed by atoms with Crippen LogP contribution in [0.15, 0.2) is 53.6 Å². The van der Waals surface area contributed by atoms with Gasteiger partial charge in [0.2, 0.25) is 0 Å². The van der Waals surface area contributed by atoms with E-state index in [9.17, 15) is 9.59 Å². The Kier molecular flexibility index (Phi) is 3.60. The first-order valence-electron chi connectivity index (χ1n) is 7.22. The lowest BCUT2D eigenvalue weighted by atomic mass is 9.85. The van der Waals surface area contributed by atoms with Crippen molar-refractivity contribution in [3.8, 4) is 0 Å². The maximum Gasteiger partial charge on any atom is 0.163 e. The minimum atomic E-state index is -0.297. The first-order chi connectivity index (χ1) is 10.1. The van der Waals surface area contributed by atoms with Crippen LogP contribution >= 0.6 is 0 Å². The zero-order chi connectivity index (χ0) is 15.0. The minimum Gasteiger partial charge on any atom is -0.361 e. The molecule has 3 atom stereocenters. The zero-order valence-corrected chi connectivity index (χ0v) is 12.2. The number of carbonyl (C=O) groups excluding carboxylic acids is 2. The maximum atomic E-state index is 12.0. The summed E-state index contributed by atoms with van der Waals surface area (Å²) < 4.78 is 6.12. The molecule has 1 saturated heterocycles. The van der Waals surface area contributed by atoms with Gasteiger partial charge in [-0.05, 0) is 31.4 Å². The van der Waals surface area contributed by atoms with Gasteiger partial charge in [-0.2, -0.15) is 0 Å². The number of benzene rings is 1. The molecule has 21 heavy (non-hydrogen) atoms. The lowest BCUT2D eigenvalue weighted by molar-refractivity contribution is -0.119. The Morgan fingerprint density at radius 2 is 1.76 bits per heavy atom. The summed E-state index contributed by atoms with van der Waals surface area (Å²) in [6.07, 6.45) is 4.60. The third kappa shape index (κ3) is 2.38. The second-order valence-electron chi connectivity index (χ2n) is 5.60. The first-order valence-corrected chi connectivity index (χ1v) is 7.22. The summed E-state index contributed by atoms with van der Waals surface area (Å²) in [6, 6.07) is 9.79. The molecule has 0 N–H and O–H groups in total. The van der Waals surface area contributed by atoms with Crippen molar-refractivity contribution in [1.82, 2.24) is 0 Å². The monoisotopic (exact) mass is 282 g/mol. The van der Waals surface area contributed by atoms with Gasteiger partial charge in [-0.25, -0.2) is 0 Å². The Morgan fingerprint density at radius 1 is 1.10 bits per heavy atom. The van der Waals surface area contributed by atoms with Crippen molar-refractivity contribution in [2.45, 2.75) is 32.5 Å². The Hall–Kier alpha value is -2.00. The molecule has 0 radical (unpaired) electrons. The van der Waals surface area contributed by atoms with Crippen molar-refractivity contribution in [2.75, 3.05) is 0 Å². The number of ketones is 2. The van der Waals surface area contributed by atoms with Gasteiger partial charge in [-0.1, -0.05) is 42.5 Å². The number of hydrogen-bond acceptors (Lipinski definition) is 3. The van der Waals surface area contributed by atoms with Crippen LogP contribution in [0.3, 0.4) is 0 Å². The summed E-state index contributed by atoms with van der Waals surface area (Å²) in [5, 5.41) is 0. The molecule has 0 aromatic heterocycles. The average Bonchev–Trinajstić information content (AvgIpc) is 3.01. The Balaban J connectivity index is 2.15. The molecular weight excluding hydrogens is 264 g/mol. The lowest BCUT2D eigenvalue weighted by Gasteiger charge is -2.17. The van der Waals surface area contributed by atoms with Crippen LogP contribution in [-0.2, 0) is 14.3 Å². The second kappa shape index (κ2) is 5.41. The standard InChI is InChI=1S/C18H18O3/c1-11(19)16(12(2)20)17-14-9-6-10-15(14)21-18(17)13-7-4-3-5-8-13/h3-8,10,14-15,18H,9H2,1-2H3/t14-,15+,18-/m0/s1. The average molecular weight is 282 g/mol. The van der Waals surface area contributed by atoms with Crippen molar-refractivity contribution >= 4 is 11.6 Å². The number of fused-ring (bicyclic) bond motifs is 1. The molecule has 3 heteroatoms. The van der Waals surface area contributed by atoms with Gasteiger partial charge in [0.15, 0.2) is 11.6 Å². The summed E-state index contributed by atoms with van der Waals surface area (Å²) in [4.78, 5) is 24.0. The van der Waals surface area contributed by atoms with E-state index in [4.69, 9.17) is 4.74 Å². The summed E-state index contributed by atoms with van der Waals surface area (Å²) in [7, 11) is 0. The highest BCUT2D eigenvalue weighted by Crippen LogP contribution is 2.48. The summed E-state index contributed by atoms with van der Waals surface area (Å²) in [5.74, 6) is -0.234. The van der Waals surface area contributed by atoms with Crippen LogP contribution in [0.25, 0.3) is 0 Å². The summed E-state index contributed by atoms with van der Waals surface area (Å²) in [5.41, 5.74) is 2.17. The SMILES string of the molecule is CC(=O)C(C(C)=O)=C1[C@H](c2ccccc2)O[C@@H]2C=CC[C@H]12. The van der Waals surface area contributed by atoms with E-state index in [0.29, 0.717) is 5.57 Å². The fraction of sp³-hybridized carbons (Fsp3) is 0.333. The first kappa shape index (κ1) is 14.0. The van der Waals surface area contributed by atoms with Crippen molar-refractivity contribution in [1.29, 1.82) is 0 Å². The summed E-state index contributed by atoms with van der Waals surface area (Å²) >= 11 is 0. The highest BCUT2D eigenvalue weighted by molar-refractivity contribution is 6.19. The number of allylic oxidation sites excluding steroid dienone is 2. The molecule has 1 aromatic rings. The molecule has 3 nitrogen and oxygen atoms in total. The normalized spacial score (nSPS) is 26.8. The lowest BCUT2D eigenvalue weighted by Crippen LogP contribution is -2.16. The number of hydrogen-bond donors (Lipinski definition) is 0. The van der Waals surface area contributed by atoms with Crippen LogP contribution < -0.4 is 0 Å². The molecule has 1 aliphatic heterocycles. The van der Waals surface area contributed by atoms with Crippen molar-refractivity contribution in [3.63, 3.8) is 0 Å². The van der Waals surface area contributed by atoms with Gasteiger partial charge in [0, 0.05) is 5.92 Å². The van der Waals surface area contributed by atoms with Crippen LogP contribution in [0.2, 0.25) is 0 Å². The fourth-order valence-electron chi connectivity index (χ4n) is 3.35. The molecule has 1 heterocycles. The molecule has 0 unspecified atom stereocenters. The van der Waals surface area contributed by atoms with Gasteiger partial charge in [0.25, 0.3) is 0 Å². The minimum absolute atomic E-state index is 0.0288. The highest BCUT2D eigenvalue weighted by atomic mass is 16.5. The number of rotatable bonds is 3. The molecule has 3 rings (SSSR count). The Morgan fingerprint density at radius 3 is 2.38 bits per heavy atom. The van der Waals surface area contributed by atoms with Crippen LogP contribution in [0, 0.1) is 5.92 Å². The van der Waals surface area contributed by atoms with Gasteiger partial charge in [0.05, 0.1) is 11.7 Å². The number of ether oxygens (including phenoxy) is 1. The van der Waals surface area contributed by atoms with Crippen LogP contribution in [0.1, 0.15) is 31.9 Å². The van der Waals surface area contributed by atoms with E-state index < -0.39 is 0 Å². The van der Waals surface area contributed by atoms with Gasteiger partial charge in [-0.3, -0.25) is 9.59 Å². The Labute approximate surface area is 124 Å². The second-order valence-corrected chi connectivity index (χ2v) is 5.60. The molecular formula is C18H18O3. The molecule has 1 aromatic carbocycles. The van der Waals surface area contributed by atoms with E-state index >= 15 is 0 Å². The largest absolute Gasteiger partial charge is 0.361 e. The number of Topliss-reactive ketones (excluding diaryl/α,β-unsaturated/α-hetero) is 2. The molecule has 2 aliphatic rings. The van der Waals surface area contributed by atoms with Crippen molar-refractivity contribution < 1.29 is 14.3 Å². The fourth-order valence-corrected chi connectivity index (χ4v) is 3.35. The van der Waals surface area contributed by atoms with E-state index in [1.54, 1.807) is 0 Å². The zero-order valence-electron chi connectivity index (χ0n) is 12.2. The topological polar surface area (TPSA) is 43.4 Å². The van der Waals surface area contributed by atoms with Crippen LogP contribution in [0.5, 0.6) is 0 Å². The molecule has 1 fully saturated rings. The third-order valence-electron chi connectivity index (χ3n) is 4.18. The number of carbonyl (C=O) groups is 2. The smallest absolute Gasteiger partial charge is 0.163 e. The van der Waals surface area contributed by atoms with Gasteiger partial charge in [0.1, 0.15) is 6.10 Å². The third-order valence-corrected chi connectivity index (χ3v) is 4.18. The molecule has 0 saturated carbocycles. The van der Waals surface area contributed by atoms with E-state index in [2.05, 4.69) is 6.08 Å². The van der Waals surface area contributed by atoms with Crippen LogP contribution in [-0.4, -0.2) is 17.7 Å². The quantitative estimate of drug-likeness (QED) is 0.370.